The summed E-state index contributed by atoms with van der Waals surface area (Å²) < 4.78 is 5.78. The van der Waals surface area contributed by atoms with Gasteiger partial charge in [0, 0.05) is 17.4 Å². The van der Waals surface area contributed by atoms with Crippen LogP contribution < -0.4 is 10.6 Å². The molecule has 32 heavy (non-hydrogen) atoms. The number of benzene rings is 2. The minimum Gasteiger partial charge on any atom is -0.507 e. The molecule has 9 heteroatoms. The Morgan fingerprint density at radius 1 is 0.844 bits per heavy atom. The first-order chi connectivity index (χ1) is 15.6. The topological polar surface area (TPSA) is 104 Å². The lowest BCUT2D eigenvalue weighted by Crippen LogP contribution is -2.09. The molecule has 0 aliphatic rings. The van der Waals surface area contributed by atoms with E-state index >= 15 is 0 Å². The second kappa shape index (κ2) is 8.29. The lowest BCUT2D eigenvalue weighted by molar-refractivity contribution is 0.102. The Kier molecular flexibility index (Phi) is 5.18. The highest BCUT2D eigenvalue weighted by Gasteiger charge is 2.15. The van der Waals surface area contributed by atoms with Crippen LogP contribution in [0.5, 0.6) is 5.75 Å². The Labute approximate surface area is 190 Å². The van der Waals surface area contributed by atoms with Gasteiger partial charge in [0.05, 0.1) is 15.3 Å². The molecule has 158 valence electrons. The van der Waals surface area contributed by atoms with Gasteiger partial charge in [0.25, 0.3) is 11.8 Å². The van der Waals surface area contributed by atoms with Gasteiger partial charge >= 0.3 is 0 Å². The van der Waals surface area contributed by atoms with Gasteiger partial charge in [-0.2, -0.15) is 0 Å². The van der Waals surface area contributed by atoms with Crippen LogP contribution in [0.2, 0.25) is 0 Å². The van der Waals surface area contributed by atoms with Crippen molar-refractivity contribution in [1.29, 1.82) is 0 Å². The fraction of sp³-hybridized carbons (Fsp3) is 0. The van der Waals surface area contributed by atoms with Gasteiger partial charge < -0.3 is 20.2 Å². The number of amides is 2. The standard InChI is InChI=1S/C23H15N3O4S2/c27-17-12-14(25-22(29)20-4-2-10-32-20)5-7-15(17)23-26-16-11-13(6-8-18(16)30-23)24-21(28)19-3-1-9-31-19/h1-12,27H,(H,24,28)(H,25,29). The highest BCUT2D eigenvalue weighted by Crippen LogP contribution is 2.34. The van der Waals surface area contributed by atoms with E-state index in [2.05, 4.69) is 15.6 Å². The summed E-state index contributed by atoms with van der Waals surface area (Å²) in [5, 5.41) is 19.7. The van der Waals surface area contributed by atoms with E-state index in [0.717, 1.165) is 0 Å². The predicted molar refractivity (Wildman–Crippen MR) is 126 cm³/mol. The van der Waals surface area contributed by atoms with E-state index in [-0.39, 0.29) is 23.5 Å². The molecule has 5 rings (SSSR count). The van der Waals surface area contributed by atoms with Crippen LogP contribution in [0.15, 0.2) is 75.8 Å². The number of hydrogen-bond acceptors (Lipinski definition) is 7. The van der Waals surface area contributed by atoms with Crippen molar-refractivity contribution in [2.75, 3.05) is 10.6 Å². The number of nitrogens with zero attached hydrogens (tertiary/aromatic N) is 1. The average molecular weight is 462 g/mol. The van der Waals surface area contributed by atoms with Crippen molar-refractivity contribution < 1.29 is 19.1 Å². The van der Waals surface area contributed by atoms with Crippen LogP contribution in [0.25, 0.3) is 22.6 Å². The Bertz CT molecular complexity index is 1420. The number of rotatable bonds is 5. The molecule has 0 aliphatic heterocycles. The number of anilines is 2. The number of aromatic hydroxyl groups is 1. The lowest BCUT2D eigenvalue weighted by Gasteiger charge is -2.06. The predicted octanol–water partition coefficient (Wildman–Crippen LogP) is 5.83. The summed E-state index contributed by atoms with van der Waals surface area (Å²) in [5.74, 6) is -0.283. The largest absolute Gasteiger partial charge is 0.507 e. The molecule has 0 spiro atoms. The van der Waals surface area contributed by atoms with Crippen LogP contribution in [0.4, 0.5) is 11.4 Å². The summed E-state index contributed by atoms with van der Waals surface area (Å²) >= 11 is 2.70. The first kappa shape index (κ1) is 20.0. The third kappa shape index (κ3) is 3.98. The van der Waals surface area contributed by atoms with Crippen molar-refractivity contribution in [3.8, 4) is 17.2 Å². The van der Waals surface area contributed by atoms with Gasteiger partial charge in [-0.3, -0.25) is 9.59 Å². The summed E-state index contributed by atoms with van der Waals surface area (Å²) in [6, 6.07) is 17.0. The molecule has 0 fully saturated rings. The fourth-order valence-corrected chi connectivity index (χ4v) is 4.35. The average Bonchev–Trinajstić information content (AvgIpc) is 3.55. The molecule has 3 heterocycles. The zero-order chi connectivity index (χ0) is 22.1. The molecule has 2 aromatic carbocycles. The number of phenols is 1. The molecule has 0 aliphatic carbocycles. The molecular formula is C23H15N3O4S2. The molecule has 2 amide bonds. The minimum absolute atomic E-state index is 0.0771. The molecule has 3 N–H and O–H groups in total. The van der Waals surface area contributed by atoms with Crippen molar-refractivity contribution in [2.24, 2.45) is 0 Å². The van der Waals surface area contributed by atoms with Gasteiger partial charge in [0.2, 0.25) is 5.89 Å². The van der Waals surface area contributed by atoms with Crippen molar-refractivity contribution in [2.45, 2.75) is 0 Å². The Morgan fingerprint density at radius 3 is 2.06 bits per heavy atom. The van der Waals surface area contributed by atoms with Crippen molar-refractivity contribution >= 4 is 57.0 Å². The minimum atomic E-state index is -0.244. The van der Waals surface area contributed by atoms with Gasteiger partial charge in [-0.25, -0.2) is 4.98 Å². The normalized spacial score (nSPS) is 10.9. The van der Waals surface area contributed by atoms with Gasteiger partial charge in [-0.15, -0.1) is 22.7 Å². The quantitative estimate of drug-likeness (QED) is 0.306. The van der Waals surface area contributed by atoms with Crippen LogP contribution in [0.1, 0.15) is 19.3 Å². The Balaban J connectivity index is 1.37. The molecule has 7 nitrogen and oxygen atoms in total. The number of carbonyl (C=O) groups excluding carboxylic acids is 2. The highest BCUT2D eigenvalue weighted by molar-refractivity contribution is 7.12. The van der Waals surface area contributed by atoms with Crippen LogP contribution in [-0.4, -0.2) is 21.9 Å². The number of hydrogen-bond donors (Lipinski definition) is 3. The van der Waals surface area contributed by atoms with E-state index in [4.69, 9.17) is 4.42 Å². The first-order valence-corrected chi connectivity index (χ1v) is 11.3. The second-order valence-corrected chi connectivity index (χ2v) is 8.69. The number of fused-ring (bicyclic) bond motifs is 1. The van der Waals surface area contributed by atoms with Crippen molar-refractivity contribution in [1.82, 2.24) is 4.98 Å². The van der Waals surface area contributed by atoms with Crippen molar-refractivity contribution in [3.63, 3.8) is 0 Å². The molecule has 0 unspecified atom stereocenters. The molecule has 0 bridgehead atoms. The molecule has 3 aromatic heterocycles. The maximum atomic E-state index is 12.3. The second-order valence-electron chi connectivity index (χ2n) is 6.80. The zero-order valence-corrected chi connectivity index (χ0v) is 18.0. The van der Waals surface area contributed by atoms with Crippen LogP contribution in [-0.2, 0) is 0 Å². The SMILES string of the molecule is O=C(Nc1ccc(-c2nc3cc(NC(=O)c4cccs4)ccc3o2)c(O)c1)c1cccs1. The number of aromatic nitrogens is 1. The third-order valence-electron chi connectivity index (χ3n) is 4.62. The third-order valence-corrected chi connectivity index (χ3v) is 6.36. The fourth-order valence-electron chi connectivity index (χ4n) is 3.11. The van der Waals surface area contributed by atoms with Gasteiger partial charge in [-0.1, -0.05) is 12.1 Å². The molecular weight excluding hydrogens is 446 g/mol. The van der Waals surface area contributed by atoms with E-state index in [1.54, 1.807) is 48.5 Å². The van der Waals surface area contributed by atoms with E-state index in [9.17, 15) is 14.7 Å². The summed E-state index contributed by atoms with van der Waals surface area (Å²) in [6.07, 6.45) is 0. The Hall–Kier alpha value is -3.95. The van der Waals surface area contributed by atoms with Gasteiger partial charge in [0.15, 0.2) is 5.58 Å². The number of carbonyl (C=O) groups is 2. The zero-order valence-electron chi connectivity index (χ0n) is 16.4. The molecule has 5 aromatic rings. The van der Waals surface area contributed by atoms with Gasteiger partial charge in [0.1, 0.15) is 11.3 Å². The summed E-state index contributed by atoms with van der Waals surface area (Å²) in [7, 11) is 0. The van der Waals surface area contributed by atoms with Crippen LogP contribution in [0.3, 0.4) is 0 Å². The Morgan fingerprint density at radius 2 is 1.47 bits per heavy atom. The van der Waals surface area contributed by atoms with E-state index < -0.39 is 0 Å². The molecule has 0 saturated carbocycles. The van der Waals surface area contributed by atoms with Crippen LogP contribution >= 0.6 is 22.7 Å². The molecule has 0 radical (unpaired) electrons. The number of nitrogens with one attached hydrogen (secondary N) is 2. The summed E-state index contributed by atoms with van der Waals surface area (Å²) in [6.45, 7) is 0. The maximum Gasteiger partial charge on any atom is 0.265 e. The molecule has 0 saturated heterocycles. The summed E-state index contributed by atoms with van der Waals surface area (Å²) in [5.41, 5.74) is 2.49. The number of thiophene rings is 2. The maximum absolute atomic E-state index is 12.3. The van der Waals surface area contributed by atoms with E-state index in [1.807, 2.05) is 16.8 Å². The number of phenolic OH excluding ortho intramolecular Hbond substituents is 1. The molecule has 0 atom stereocenters. The van der Waals surface area contributed by atoms with Crippen LogP contribution in [0, 0.1) is 0 Å². The highest BCUT2D eigenvalue weighted by atomic mass is 32.1. The summed E-state index contributed by atoms with van der Waals surface area (Å²) in [4.78, 5) is 30.1. The van der Waals surface area contributed by atoms with E-state index in [1.165, 1.54) is 28.7 Å². The van der Waals surface area contributed by atoms with Crippen molar-refractivity contribution in [3.05, 3.63) is 81.2 Å². The van der Waals surface area contributed by atoms with Gasteiger partial charge in [-0.05, 0) is 53.2 Å². The lowest BCUT2D eigenvalue weighted by atomic mass is 10.1. The monoisotopic (exact) mass is 461 g/mol. The van der Waals surface area contributed by atoms with E-state index in [0.29, 0.717) is 37.8 Å². The number of oxazole rings is 1. The first-order valence-electron chi connectivity index (χ1n) is 9.50. The smallest absolute Gasteiger partial charge is 0.265 e.